The number of hydrogen-bond acceptors (Lipinski definition) is 3. The zero-order chi connectivity index (χ0) is 15.9. The second-order valence-corrected chi connectivity index (χ2v) is 4.56. The molecule has 2 amide bonds. The summed E-state index contributed by atoms with van der Waals surface area (Å²) in [6.45, 7) is 0. The quantitative estimate of drug-likeness (QED) is 0.654. The number of anilines is 2. The number of H-pyrrole nitrogens is 1. The van der Waals surface area contributed by atoms with Crippen LogP contribution in [0.25, 0.3) is 0 Å². The zero-order valence-corrected chi connectivity index (χ0v) is 11.6. The fraction of sp³-hybridized carbons (Fsp3) is 0.133. The van der Waals surface area contributed by atoms with E-state index in [1.54, 1.807) is 42.6 Å². The number of rotatable bonds is 6. The molecule has 0 spiro atoms. The molecule has 0 aliphatic carbocycles. The molecule has 4 N–H and O–H groups in total. The molecular weight excluding hydrogens is 286 g/mol. The van der Waals surface area contributed by atoms with E-state index < -0.39 is 5.97 Å². The molecule has 0 fully saturated rings. The fourth-order valence-corrected chi connectivity index (χ4v) is 1.75. The number of aliphatic carboxylic acids is 1. The molecule has 0 aliphatic rings. The molecule has 0 atom stereocenters. The third-order valence-corrected chi connectivity index (χ3v) is 2.84. The van der Waals surface area contributed by atoms with Crippen LogP contribution in [0.4, 0.5) is 11.4 Å². The summed E-state index contributed by atoms with van der Waals surface area (Å²) in [7, 11) is 0. The molecule has 0 aliphatic heterocycles. The van der Waals surface area contributed by atoms with Crippen LogP contribution in [0.3, 0.4) is 0 Å². The van der Waals surface area contributed by atoms with Crippen molar-refractivity contribution in [3.05, 3.63) is 48.3 Å². The largest absolute Gasteiger partial charge is 0.481 e. The van der Waals surface area contributed by atoms with Gasteiger partial charge in [-0.3, -0.25) is 14.4 Å². The Balaban J connectivity index is 1.89. The summed E-state index contributed by atoms with van der Waals surface area (Å²) in [5.41, 5.74) is 1.57. The topological polar surface area (TPSA) is 111 Å². The predicted octanol–water partition coefficient (Wildman–Crippen LogP) is 2.07. The van der Waals surface area contributed by atoms with Crippen molar-refractivity contribution in [1.82, 2.24) is 4.98 Å². The molecule has 2 rings (SSSR count). The number of amides is 2. The first kappa shape index (κ1) is 15.3. The van der Waals surface area contributed by atoms with Gasteiger partial charge in [0.25, 0.3) is 5.91 Å². The highest BCUT2D eigenvalue weighted by Crippen LogP contribution is 2.14. The Hall–Kier alpha value is -3.09. The maximum atomic E-state index is 11.8. The number of aromatic nitrogens is 1. The first-order valence-corrected chi connectivity index (χ1v) is 6.61. The van der Waals surface area contributed by atoms with E-state index in [1.807, 2.05) is 0 Å². The van der Waals surface area contributed by atoms with E-state index in [4.69, 9.17) is 5.11 Å². The van der Waals surface area contributed by atoms with E-state index in [9.17, 15) is 14.4 Å². The normalized spacial score (nSPS) is 10.0. The number of carbonyl (C=O) groups excluding carboxylic acids is 2. The summed E-state index contributed by atoms with van der Waals surface area (Å²) in [6.07, 6.45) is 1.36. The molecule has 0 saturated carbocycles. The molecule has 0 radical (unpaired) electrons. The molecule has 1 aromatic carbocycles. The highest BCUT2D eigenvalue weighted by molar-refractivity contribution is 6.03. The Bertz CT molecular complexity index is 663. The summed E-state index contributed by atoms with van der Waals surface area (Å²) >= 11 is 0. The fourth-order valence-electron chi connectivity index (χ4n) is 1.75. The van der Waals surface area contributed by atoms with Gasteiger partial charge >= 0.3 is 5.97 Å². The first-order chi connectivity index (χ1) is 10.5. The van der Waals surface area contributed by atoms with Gasteiger partial charge in [0.05, 0.1) is 6.42 Å². The van der Waals surface area contributed by atoms with Crippen molar-refractivity contribution in [3.8, 4) is 0 Å². The lowest BCUT2D eigenvalue weighted by atomic mass is 10.2. The lowest BCUT2D eigenvalue weighted by Crippen LogP contribution is -2.14. The van der Waals surface area contributed by atoms with Crippen molar-refractivity contribution in [2.45, 2.75) is 12.8 Å². The van der Waals surface area contributed by atoms with Gasteiger partial charge in [-0.25, -0.2) is 0 Å². The van der Waals surface area contributed by atoms with Crippen LogP contribution in [-0.2, 0) is 9.59 Å². The smallest absolute Gasteiger partial charge is 0.303 e. The van der Waals surface area contributed by atoms with Crippen molar-refractivity contribution in [3.63, 3.8) is 0 Å². The summed E-state index contributed by atoms with van der Waals surface area (Å²) in [5.74, 6) is -1.65. The van der Waals surface area contributed by atoms with E-state index in [2.05, 4.69) is 15.6 Å². The first-order valence-electron chi connectivity index (χ1n) is 6.61. The van der Waals surface area contributed by atoms with Crippen LogP contribution in [0, 0.1) is 0 Å². The van der Waals surface area contributed by atoms with E-state index in [1.165, 1.54) is 0 Å². The number of benzene rings is 1. The second kappa shape index (κ2) is 7.07. The van der Waals surface area contributed by atoms with Gasteiger partial charge in [0.2, 0.25) is 5.91 Å². The molecule has 22 heavy (non-hydrogen) atoms. The van der Waals surface area contributed by atoms with Crippen LogP contribution in [0.15, 0.2) is 42.6 Å². The summed E-state index contributed by atoms with van der Waals surface area (Å²) in [6, 6.07) is 9.93. The predicted molar refractivity (Wildman–Crippen MR) is 80.7 cm³/mol. The number of carboxylic acid groups (broad SMARTS) is 1. The molecule has 0 unspecified atom stereocenters. The number of carbonyl (C=O) groups is 3. The number of nitrogens with one attached hydrogen (secondary N) is 3. The van der Waals surface area contributed by atoms with Gasteiger partial charge in [0, 0.05) is 24.0 Å². The molecule has 1 aromatic heterocycles. The van der Waals surface area contributed by atoms with Crippen LogP contribution in [0.5, 0.6) is 0 Å². The van der Waals surface area contributed by atoms with Crippen molar-refractivity contribution in [2.75, 3.05) is 10.6 Å². The minimum absolute atomic E-state index is 0.0827. The monoisotopic (exact) mass is 301 g/mol. The number of carboxylic acids is 1. The zero-order valence-electron chi connectivity index (χ0n) is 11.6. The Labute approximate surface area is 126 Å². The molecule has 114 valence electrons. The third-order valence-electron chi connectivity index (χ3n) is 2.84. The average molecular weight is 301 g/mol. The second-order valence-electron chi connectivity index (χ2n) is 4.56. The maximum Gasteiger partial charge on any atom is 0.303 e. The van der Waals surface area contributed by atoms with Gasteiger partial charge in [-0.1, -0.05) is 0 Å². The van der Waals surface area contributed by atoms with Crippen LogP contribution < -0.4 is 10.6 Å². The van der Waals surface area contributed by atoms with E-state index in [0.29, 0.717) is 17.1 Å². The van der Waals surface area contributed by atoms with E-state index >= 15 is 0 Å². The molecule has 2 aromatic rings. The van der Waals surface area contributed by atoms with Crippen LogP contribution >= 0.6 is 0 Å². The minimum atomic E-state index is -1.02. The Morgan fingerprint density at radius 2 is 1.59 bits per heavy atom. The number of aromatic amines is 1. The van der Waals surface area contributed by atoms with E-state index in [0.717, 1.165) is 0 Å². The van der Waals surface area contributed by atoms with Crippen molar-refractivity contribution < 1.29 is 19.5 Å². The van der Waals surface area contributed by atoms with Crippen molar-refractivity contribution in [1.29, 1.82) is 0 Å². The Morgan fingerprint density at radius 1 is 0.955 bits per heavy atom. The van der Waals surface area contributed by atoms with Gasteiger partial charge in [0.1, 0.15) is 5.69 Å². The molecule has 0 saturated heterocycles. The van der Waals surface area contributed by atoms with Crippen molar-refractivity contribution >= 4 is 29.2 Å². The summed E-state index contributed by atoms with van der Waals surface area (Å²) < 4.78 is 0. The summed E-state index contributed by atoms with van der Waals surface area (Å²) in [5, 5.41) is 13.8. The summed E-state index contributed by atoms with van der Waals surface area (Å²) in [4.78, 5) is 36.5. The Kier molecular flexibility index (Phi) is 4.92. The lowest BCUT2D eigenvalue weighted by molar-refractivity contribution is -0.138. The van der Waals surface area contributed by atoms with E-state index in [-0.39, 0.29) is 24.7 Å². The molecule has 0 bridgehead atoms. The molecule has 7 heteroatoms. The highest BCUT2D eigenvalue weighted by atomic mass is 16.4. The van der Waals surface area contributed by atoms with Crippen LogP contribution in [0.2, 0.25) is 0 Å². The molecule has 7 nitrogen and oxygen atoms in total. The highest BCUT2D eigenvalue weighted by Gasteiger charge is 2.08. The Morgan fingerprint density at radius 3 is 2.14 bits per heavy atom. The maximum absolute atomic E-state index is 11.8. The number of hydrogen-bond donors (Lipinski definition) is 4. The average Bonchev–Trinajstić information content (AvgIpc) is 3.01. The SMILES string of the molecule is O=C(O)CCC(=O)Nc1ccc(NC(=O)c2ccc[nH]2)cc1. The minimum Gasteiger partial charge on any atom is -0.481 e. The van der Waals surface area contributed by atoms with Gasteiger partial charge in [-0.2, -0.15) is 0 Å². The molecular formula is C15H15N3O4. The molecule has 1 heterocycles. The van der Waals surface area contributed by atoms with Gasteiger partial charge in [-0.05, 0) is 36.4 Å². The van der Waals surface area contributed by atoms with Crippen LogP contribution in [0.1, 0.15) is 23.3 Å². The van der Waals surface area contributed by atoms with Gasteiger partial charge in [0.15, 0.2) is 0 Å². The lowest BCUT2D eigenvalue weighted by Gasteiger charge is -2.07. The van der Waals surface area contributed by atoms with Crippen LogP contribution in [-0.4, -0.2) is 27.9 Å². The van der Waals surface area contributed by atoms with Crippen molar-refractivity contribution in [2.24, 2.45) is 0 Å². The third kappa shape index (κ3) is 4.48. The standard InChI is InChI=1S/C15H15N3O4/c19-13(7-8-14(20)21)17-10-3-5-11(6-4-10)18-15(22)12-2-1-9-16-12/h1-6,9,16H,7-8H2,(H,17,19)(H,18,22)(H,20,21). The van der Waals surface area contributed by atoms with Gasteiger partial charge in [-0.15, -0.1) is 0 Å². The van der Waals surface area contributed by atoms with Gasteiger partial charge < -0.3 is 20.7 Å².